The summed E-state index contributed by atoms with van der Waals surface area (Å²) in [5, 5.41) is 0.141. The molecule has 0 bridgehead atoms. The first-order valence-electron chi connectivity index (χ1n) is 6.76. The van der Waals surface area contributed by atoms with Gasteiger partial charge in [0.1, 0.15) is 4.90 Å². The number of hydrogen-bond acceptors (Lipinski definition) is 6. The maximum atomic E-state index is 12.1. The summed E-state index contributed by atoms with van der Waals surface area (Å²) in [4.78, 5) is 3.83. The minimum absolute atomic E-state index is 0.00707. The number of anilines is 1. The van der Waals surface area contributed by atoms with E-state index < -0.39 is 10.0 Å². The van der Waals surface area contributed by atoms with Crippen LogP contribution in [0.5, 0.6) is 0 Å². The molecule has 1 aliphatic carbocycles. The van der Waals surface area contributed by atoms with Gasteiger partial charge in [-0.3, -0.25) is 0 Å². The van der Waals surface area contributed by atoms with Crippen LogP contribution < -0.4 is 16.0 Å². The van der Waals surface area contributed by atoms with Crippen LogP contribution in [0.2, 0.25) is 5.02 Å². The molecule has 7 nitrogen and oxygen atoms in total. The molecule has 9 heteroatoms. The van der Waals surface area contributed by atoms with Gasteiger partial charge >= 0.3 is 0 Å². The third-order valence-corrected chi connectivity index (χ3v) is 5.03. The predicted molar refractivity (Wildman–Crippen MR) is 80.5 cm³/mol. The maximum absolute atomic E-state index is 12.1. The lowest BCUT2D eigenvalue weighted by atomic mass is 10.3. The lowest BCUT2D eigenvalue weighted by molar-refractivity contribution is 0.0626. The van der Waals surface area contributed by atoms with E-state index in [9.17, 15) is 8.42 Å². The molecule has 1 aromatic heterocycles. The summed E-state index contributed by atoms with van der Waals surface area (Å²) < 4.78 is 32.2. The Hall–Kier alpha value is -0.930. The van der Waals surface area contributed by atoms with Crippen molar-refractivity contribution in [3.63, 3.8) is 0 Å². The third kappa shape index (κ3) is 4.52. The number of sulfonamides is 1. The van der Waals surface area contributed by atoms with Gasteiger partial charge in [-0.1, -0.05) is 24.4 Å². The Morgan fingerprint density at radius 3 is 2.76 bits per heavy atom. The second kappa shape index (κ2) is 7.37. The van der Waals surface area contributed by atoms with Crippen molar-refractivity contribution in [2.75, 3.05) is 18.6 Å². The van der Waals surface area contributed by atoms with E-state index in [1.807, 2.05) is 0 Å². The summed E-state index contributed by atoms with van der Waals surface area (Å²) in [7, 11) is -3.65. The van der Waals surface area contributed by atoms with Crippen molar-refractivity contribution in [1.29, 1.82) is 0 Å². The van der Waals surface area contributed by atoms with E-state index in [1.54, 1.807) is 0 Å². The average molecular weight is 335 g/mol. The molecule has 2 rings (SSSR count). The minimum Gasteiger partial charge on any atom is -0.377 e. The van der Waals surface area contributed by atoms with Crippen molar-refractivity contribution < 1.29 is 13.2 Å². The van der Waals surface area contributed by atoms with Crippen molar-refractivity contribution in [2.24, 2.45) is 5.84 Å². The number of nitrogens with zero attached hydrogens (tertiary/aromatic N) is 1. The van der Waals surface area contributed by atoms with E-state index in [0.717, 1.165) is 12.8 Å². The molecule has 0 aliphatic heterocycles. The molecule has 0 spiro atoms. The van der Waals surface area contributed by atoms with Gasteiger partial charge in [-0.05, 0) is 18.9 Å². The number of aromatic nitrogens is 1. The monoisotopic (exact) mass is 334 g/mol. The van der Waals surface area contributed by atoms with Gasteiger partial charge in [0.15, 0.2) is 5.82 Å². The zero-order chi connectivity index (χ0) is 15.3. The fraction of sp³-hybridized carbons (Fsp3) is 0.583. The predicted octanol–water partition coefficient (Wildman–Crippen LogP) is 1.26. The van der Waals surface area contributed by atoms with E-state index >= 15 is 0 Å². The molecule has 0 atom stereocenters. The highest BCUT2D eigenvalue weighted by atomic mass is 35.5. The zero-order valence-corrected chi connectivity index (χ0v) is 13.1. The van der Waals surface area contributed by atoms with E-state index in [2.05, 4.69) is 15.1 Å². The summed E-state index contributed by atoms with van der Waals surface area (Å²) >= 11 is 5.86. The normalized spacial score (nSPS) is 16.3. The fourth-order valence-electron chi connectivity index (χ4n) is 2.21. The number of hydrogen-bond donors (Lipinski definition) is 3. The molecule has 4 N–H and O–H groups in total. The number of pyridine rings is 1. The van der Waals surface area contributed by atoms with Gasteiger partial charge in [-0.2, -0.15) is 0 Å². The van der Waals surface area contributed by atoms with Crippen LogP contribution in [0.15, 0.2) is 17.2 Å². The van der Waals surface area contributed by atoms with Crippen LogP contribution in [-0.2, 0) is 14.8 Å². The number of nitrogens with two attached hydrogens (primary N) is 1. The van der Waals surface area contributed by atoms with Crippen LogP contribution in [0, 0.1) is 0 Å². The van der Waals surface area contributed by atoms with Crippen molar-refractivity contribution in [3.05, 3.63) is 17.3 Å². The number of nitrogen functional groups attached to an aromatic ring is 1. The molecule has 0 radical (unpaired) electrons. The number of hydrazine groups is 1. The second-order valence-corrected chi connectivity index (χ2v) is 6.99. The van der Waals surface area contributed by atoms with Crippen LogP contribution >= 0.6 is 11.6 Å². The summed E-state index contributed by atoms with van der Waals surface area (Å²) in [6.45, 7) is 0.570. The highest BCUT2D eigenvalue weighted by molar-refractivity contribution is 7.89. The van der Waals surface area contributed by atoms with Gasteiger partial charge in [0.25, 0.3) is 0 Å². The van der Waals surface area contributed by atoms with Gasteiger partial charge in [0.2, 0.25) is 10.0 Å². The SMILES string of the molecule is NNc1ncc(S(=O)(=O)NCCOC2CCCC2)cc1Cl. The number of nitrogens with one attached hydrogen (secondary N) is 2. The molecule has 0 unspecified atom stereocenters. The summed E-state index contributed by atoms with van der Waals surface area (Å²) in [6.07, 6.45) is 5.94. The van der Waals surface area contributed by atoms with Gasteiger partial charge in [0, 0.05) is 12.7 Å². The summed E-state index contributed by atoms with van der Waals surface area (Å²) in [5.74, 6) is 5.41. The molecule has 1 saturated carbocycles. The van der Waals surface area contributed by atoms with E-state index in [1.165, 1.54) is 25.1 Å². The molecule has 1 heterocycles. The molecule has 1 fully saturated rings. The second-order valence-electron chi connectivity index (χ2n) is 4.82. The molecule has 0 amide bonds. The Morgan fingerprint density at radius 2 is 2.14 bits per heavy atom. The van der Waals surface area contributed by atoms with Crippen molar-refractivity contribution in [3.8, 4) is 0 Å². The van der Waals surface area contributed by atoms with Crippen LogP contribution in [0.4, 0.5) is 5.82 Å². The Labute approximate surface area is 129 Å². The molecule has 0 aromatic carbocycles. The van der Waals surface area contributed by atoms with Crippen LogP contribution in [0.1, 0.15) is 25.7 Å². The Bertz CT molecular complexity index is 576. The zero-order valence-electron chi connectivity index (χ0n) is 11.5. The Morgan fingerprint density at radius 1 is 1.43 bits per heavy atom. The largest absolute Gasteiger partial charge is 0.377 e. The fourth-order valence-corrected chi connectivity index (χ4v) is 3.48. The topological polar surface area (TPSA) is 106 Å². The lowest BCUT2D eigenvalue weighted by Crippen LogP contribution is -2.28. The van der Waals surface area contributed by atoms with Crippen molar-refractivity contribution in [1.82, 2.24) is 9.71 Å². The van der Waals surface area contributed by atoms with Gasteiger partial charge in [-0.25, -0.2) is 24.0 Å². The highest BCUT2D eigenvalue weighted by Gasteiger charge is 2.18. The minimum atomic E-state index is -3.65. The molecule has 0 saturated heterocycles. The van der Waals surface area contributed by atoms with Gasteiger partial charge in [0.05, 0.1) is 17.7 Å². The number of halogens is 1. The number of ether oxygens (including phenoxy) is 1. The van der Waals surface area contributed by atoms with Crippen LogP contribution in [-0.4, -0.2) is 32.7 Å². The molecular formula is C12H19ClN4O3S. The standard InChI is InChI=1S/C12H19ClN4O3S/c13-11-7-10(8-15-12(11)17-14)21(18,19)16-5-6-20-9-3-1-2-4-9/h7-9,16H,1-6,14H2,(H,15,17). The first-order chi connectivity index (χ1) is 10.0. The summed E-state index contributed by atoms with van der Waals surface area (Å²) in [5.41, 5.74) is 2.28. The highest BCUT2D eigenvalue weighted by Crippen LogP contribution is 2.22. The Balaban J connectivity index is 1.87. The first-order valence-corrected chi connectivity index (χ1v) is 8.62. The Kier molecular flexibility index (Phi) is 5.77. The third-order valence-electron chi connectivity index (χ3n) is 3.31. The number of rotatable bonds is 7. The first kappa shape index (κ1) is 16.4. The molecule has 118 valence electrons. The maximum Gasteiger partial charge on any atom is 0.242 e. The average Bonchev–Trinajstić information content (AvgIpc) is 2.97. The van der Waals surface area contributed by atoms with Gasteiger partial charge in [-0.15, -0.1) is 0 Å². The van der Waals surface area contributed by atoms with E-state index in [4.69, 9.17) is 22.2 Å². The van der Waals surface area contributed by atoms with Crippen molar-refractivity contribution >= 4 is 27.4 Å². The van der Waals surface area contributed by atoms with Gasteiger partial charge < -0.3 is 10.2 Å². The molecule has 1 aliphatic rings. The van der Waals surface area contributed by atoms with Crippen molar-refractivity contribution in [2.45, 2.75) is 36.7 Å². The molecule has 1 aromatic rings. The smallest absolute Gasteiger partial charge is 0.242 e. The molecular weight excluding hydrogens is 316 g/mol. The quantitative estimate of drug-likeness (QED) is 0.394. The molecule has 21 heavy (non-hydrogen) atoms. The van der Waals surface area contributed by atoms with Crippen LogP contribution in [0.25, 0.3) is 0 Å². The summed E-state index contributed by atoms with van der Waals surface area (Å²) in [6, 6.07) is 1.30. The van der Waals surface area contributed by atoms with E-state index in [-0.39, 0.29) is 28.4 Å². The van der Waals surface area contributed by atoms with Crippen LogP contribution in [0.3, 0.4) is 0 Å². The van der Waals surface area contributed by atoms with E-state index in [0.29, 0.717) is 6.61 Å². The lowest BCUT2D eigenvalue weighted by Gasteiger charge is -2.12.